The molecule has 67 heavy (non-hydrogen) atoms. The third-order valence-corrected chi connectivity index (χ3v) is 11.9. The third-order valence-electron chi connectivity index (χ3n) is 11.9. The van der Waals surface area contributed by atoms with E-state index in [2.05, 4.69) is 106 Å². The molecule has 0 radical (unpaired) electrons. The zero-order valence-electron chi connectivity index (χ0n) is 43.9. The van der Waals surface area contributed by atoms with Crippen LogP contribution >= 0.6 is 0 Å². The Balaban J connectivity index is 4.46. The van der Waals surface area contributed by atoms with Gasteiger partial charge in [0.25, 0.3) is 0 Å². The summed E-state index contributed by atoms with van der Waals surface area (Å²) in [6.07, 6.45) is 71.4. The summed E-state index contributed by atoms with van der Waals surface area (Å²) in [6.45, 7) is 6.48. The van der Waals surface area contributed by atoms with E-state index in [1.165, 1.54) is 122 Å². The van der Waals surface area contributed by atoms with Gasteiger partial charge in [0.05, 0.1) is 0 Å². The first-order valence-electron chi connectivity index (χ1n) is 28.1. The van der Waals surface area contributed by atoms with Gasteiger partial charge < -0.3 is 14.2 Å². The first-order valence-corrected chi connectivity index (χ1v) is 28.1. The summed E-state index contributed by atoms with van der Waals surface area (Å²) >= 11 is 0. The number of hydrogen-bond acceptors (Lipinski definition) is 6. The van der Waals surface area contributed by atoms with E-state index in [0.717, 1.165) is 103 Å². The standard InChI is InChI=1S/C61H104O6/c1-4-7-10-13-16-19-22-25-28-29-30-31-34-36-39-42-45-48-51-54-60(63)66-57-58(67-61(64)55-52-49-46-43-40-37-33-27-24-21-18-15-12-9-6-3)56-65-59(62)53-50-47-44-41-38-35-32-26-23-20-17-14-11-8-5-2/h7,10,16,19,21,24-26,28,30-32,36,39,58H,4-6,8-9,11-15,17-18,20,22-23,27,29,33-35,37-38,40-57H2,1-3H3/b10-7-,19-16-,24-21-,28-25-,31-30-,32-26-,39-36-/t58-/m0/s1. The van der Waals surface area contributed by atoms with Gasteiger partial charge in [0, 0.05) is 19.3 Å². The van der Waals surface area contributed by atoms with Gasteiger partial charge in [-0.1, -0.05) is 215 Å². The minimum Gasteiger partial charge on any atom is -0.462 e. The quantitative estimate of drug-likeness (QED) is 0.0262. The van der Waals surface area contributed by atoms with Crippen molar-refractivity contribution in [3.05, 3.63) is 85.1 Å². The molecule has 0 spiro atoms. The lowest BCUT2D eigenvalue weighted by atomic mass is 10.1. The van der Waals surface area contributed by atoms with Crippen LogP contribution in [0, 0.1) is 0 Å². The molecule has 0 bridgehead atoms. The number of esters is 3. The summed E-state index contributed by atoms with van der Waals surface area (Å²) in [7, 11) is 0. The van der Waals surface area contributed by atoms with Gasteiger partial charge in [-0.15, -0.1) is 0 Å². The molecular formula is C61H104O6. The molecule has 0 unspecified atom stereocenters. The van der Waals surface area contributed by atoms with Crippen LogP contribution in [0.3, 0.4) is 0 Å². The van der Waals surface area contributed by atoms with Crippen LogP contribution in [0.5, 0.6) is 0 Å². The van der Waals surface area contributed by atoms with Crippen LogP contribution in [-0.2, 0) is 28.6 Å². The van der Waals surface area contributed by atoms with E-state index in [4.69, 9.17) is 14.2 Å². The lowest BCUT2D eigenvalue weighted by Crippen LogP contribution is -2.30. The lowest BCUT2D eigenvalue weighted by molar-refractivity contribution is -0.167. The Morgan fingerprint density at radius 3 is 0.955 bits per heavy atom. The summed E-state index contributed by atoms with van der Waals surface area (Å²) in [5, 5.41) is 0. The summed E-state index contributed by atoms with van der Waals surface area (Å²) < 4.78 is 16.8. The van der Waals surface area contributed by atoms with Crippen molar-refractivity contribution < 1.29 is 28.6 Å². The molecule has 0 aromatic rings. The van der Waals surface area contributed by atoms with E-state index >= 15 is 0 Å². The molecule has 0 aliphatic carbocycles. The highest BCUT2D eigenvalue weighted by Gasteiger charge is 2.19. The molecule has 0 heterocycles. The van der Waals surface area contributed by atoms with Crippen molar-refractivity contribution in [3.8, 4) is 0 Å². The maximum absolute atomic E-state index is 12.8. The highest BCUT2D eigenvalue weighted by Crippen LogP contribution is 2.14. The van der Waals surface area contributed by atoms with Crippen molar-refractivity contribution in [1.82, 2.24) is 0 Å². The second-order valence-electron chi connectivity index (χ2n) is 18.5. The van der Waals surface area contributed by atoms with E-state index in [-0.39, 0.29) is 31.1 Å². The topological polar surface area (TPSA) is 78.9 Å². The molecule has 0 aromatic carbocycles. The van der Waals surface area contributed by atoms with Crippen LogP contribution in [0.15, 0.2) is 85.1 Å². The number of hydrogen-bond donors (Lipinski definition) is 0. The molecule has 0 aromatic heterocycles. The minimum absolute atomic E-state index is 0.0930. The Kier molecular flexibility index (Phi) is 52.4. The van der Waals surface area contributed by atoms with E-state index in [1.54, 1.807) is 0 Å². The van der Waals surface area contributed by atoms with Crippen LogP contribution in [-0.4, -0.2) is 37.2 Å². The summed E-state index contributed by atoms with van der Waals surface area (Å²) in [4.78, 5) is 38.1. The normalized spacial score (nSPS) is 12.7. The lowest BCUT2D eigenvalue weighted by Gasteiger charge is -2.18. The highest BCUT2D eigenvalue weighted by molar-refractivity contribution is 5.71. The predicted octanol–water partition coefficient (Wildman–Crippen LogP) is 18.8. The maximum Gasteiger partial charge on any atom is 0.306 e. The van der Waals surface area contributed by atoms with E-state index < -0.39 is 6.10 Å². The maximum atomic E-state index is 12.8. The number of rotatable bonds is 50. The fourth-order valence-electron chi connectivity index (χ4n) is 7.63. The molecule has 0 amide bonds. The van der Waals surface area contributed by atoms with Gasteiger partial charge in [-0.05, 0) is 116 Å². The van der Waals surface area contributed by atoms with Gasteiger partial charge in [-0.2, -0.15) is 0 Å². The minimum atomic E-state index is -0.796. The van der Waals surface area contributed by atoms with Crippen molar-refractivity contribution in [2.75, 3.05) is 13.2 Å². The number of allylic oxidation sites excluding steroid dienone is 14. The van der Waals surface area contributed by atoms with Crippen molar-refractivity contribution in [2.45, 2.75) is 271 Å². The highest BCUT2D eigenvalue weighted by atomic mass is 16.6. The predicted molar refractivity (Wildman–Crippen MR) is 288 cm³/mol. The molecule has 0 saturated heterocycles. The molecule has 0 fully saturated rings. The van der Waals surface area contributed by atoms with Gasteiger partial charge in [-0.25, -0.2) is 0 Å². The van der Waals surface area contributed by atoms with E-state index in [0.29, 0.717) is 19.3 Å². The Morgan fingerprint density at radius 2 is 0.582 bits per heavy atom. The van der Waals surface area contributed by atoms with Gasteiger partial charge >= 0.3 is 17.9 Å². The van der Waals surface area contributed by atoms with E-state index in [9.17, 15) is 14.4 Å². The molecular weight excluding hydrogens is 829 g/mol. The average molecular weight is 933 g/mol. The van der Waals surface area contributed by atoms with Gasteiger partial charge in [-0.3, -0.25) is 14.4 Å². The molecule has 0 saturated carbocycles. The number of carbonyl (C=O) groups is 3. The molecule has 1 atom stereocenters. The molecule has 0 aliphatic heterocycles. The SMILES string of the molecule is CC/C=C\C/C=C\C/C=C\C/C=C\C/C=C\CCCCCC(=O)OC[C@H](COC(=O)CCCCCCC/C=C\CCCCCCCC)OC(=O)CCCCCCCCC/C=C\CCCCCC. The second-order valence-corrected chi connectivity index (χ2v) is 18.5. The zero-order valence-corrected chi connectivity index (χ0v) is 43.9. The van der Waals surface area contributed by atoms with Crippen LogP contribution in [0.1, 0.15) is 265 Å². The van der Waals surface area contributed by atoms with Gasteiger partial charge in [0.1, 0.15) is 13.2 Å². The Labute approximate surface area is 414 Å². The van der Waals surface area contributed by atoms with Crippen molar-refractivity contribution in [1.29, 1.82) is 0 Å². The van der Waals surface area contributed by atoms with Crippen molar-refractivity contribution in [2.24, 2.45) is 0 Å². The van der Waals surface area contributed by atoms with Crippen LogP contribution < -0.4 is 0 Å². The van der Waals surface area contributed by atoms with E-state index in [1.807, 2.05) is 0 Å². The Morgan fingerprint density at radius 1 is 0.313 bits per heavy atom. The first kappa shape index (κ1) is 63.6. The molecule has 6 nitrogen and oxygen atoms in total. The summed E-state index contributed by atoms with van der Waals surface area (Å²) in [6, 6.07) is 0. The number of carbonyl (C=O) groups excluding carboxylic acids is 3. The van der Waals surface area contributed by atoms with Crippen LogP contribution in [0.2, 0.25) is 0 Å². The zero-order chi connectivity index (χ0) is 48.6. The smallest absolute Gasteiger partial charge is 0.306 e. The summed E-state index contributed by atoms with van der Waals surface area (Å²) in [5.41, 5.74) is 0. The Bertz CT molecular complexity index is 1300. The molecule has 6 heteroatoms. The van der Waals surface area contributed by atoms with Crippen LogP contribution in [0.25, 0.3) is 0 Å². The third kappa shape index (κ3) is 53.4. The van der Waals surface area contributed by atoms with Crippen LogP contribution in [0.4, 0.5) is 0 Å². The fraction of sp³-hybridized carbons (Fsp3) is 0.721. The molecule has 0 N–H and O–H groups in total. The fourth-order valence-corrected chi connectivity index (χ4v) is 7.63. The average Bonchev–Trinajstić information content (AvgIpc) is 3.33. The number of unbranched alkanes of at least 4 members (excludes halogenated alkanes) is 25. The van der Waals surface area contributed by atoms with Crippen molar-refractivity contribution in [3.63, 3.8) is 0 Å². The second kappa shape index (κ2) is 55.2. The molecule has 0 aliphatic rings. The first-order chi connectivity index (χ1) is 33.0. The number of ether oxygens (including phenoxy) is 3. The largest absolute Gasteiger partial charge is 0.462 e. The van der Waals surface area contributed by atoms with Crippen molar-refractivity contribution >= 4 is 17.9 Å². The summed E-state index contributed by atoms with van der Waals surface area (Å²) in [5.74, 6) is -0.934. The molecule has 0 rings (SSSR count). The monoisotopic (exact) mass is 933 g/mol. The molecule has 384 valence electrons. The van der Waals surface area contributed by atoms with Gasteiger partial charge in [0.2, 0.25) is 0 Å². The Hall–Kier alpha value is -3.41. The van der Waals surface area contributed by atoms with Gasteiger partial charge in [0.15, 0.2) is 6.10 Å².